The molecule has 0 aromatic rings. The van der Waals surface area contributed by atoms with Crippen LogP contribution in [0.15, 0.2) is 0 Å². The van der Waals surface area contributed by atoms with E-state index in [0.717, 1.165) is 38.8 Å². The summed E-state index contributed by atoms with van der Waals surface area (Å²) >= 11 is 0. The van der Waals surface area contributed by atoms with Crippen LogP contribution in [0.4, 0.5) is 13.2 Å². The van der Waals surface area contributed by atoms with Gasteiger partial charge >= 0.3 is 6.18 Å². The zero-order chi connectivity index (χ0) is 15.5. The van der Waals surface area contributed by atoms with Crippen LogP contribution in [-0.2, 0) is 0 Å². The molecule has 1 heterocycles. The van der Waals surface area contributed by atoms with Gasteiger partial charge in [0.2, 0.25) is 0 Å². The minimum Gasteiger partial charge on any atom is -0.311 e. The smallest absolute Gasteiger partial charge is 0.311 e. The molecule has 1 saturated carbocycles. The lowest BCUT2D eigenvalue weighted by Gasteiger charge is -2.33. The predicted octanol–water partition coefficient (Wildman–Crippen LogP) is 3.96. The van der Waals surface area contributed by atoms with Gasteiger partial charge in [0.1, 0.15) is 0 Å². The van der Waals surface area contributed by atoms with Crippen molar-refractivity contribution in [2.24, 2.45) is 5.92 Å². The van der Waals surface area contributed by atoms with E-state index in [1.807, 2.05) is 0 Å². The molecule has 2 aliphatic rings. The van der Waals surface area contributed by atoms with Crippen LogP contribution in [0.5, 0.6) is 0 Å². The van der Waals surface area contributed by atoms with Gasteiger partial charge in [0.15, 0.2) is 0 Å². The maximum Gasteiger partial charge on any atom is 0.391 e. The molecule has 0 amide bonds. The van der Waals surface area contributed by atoms with E-state index in [-0.39, 0.29) is 12.5 Å². The van der Waals surface area contributed by atoms with Crippen LogP contribution < -0.4 is 5.32 Å². The molecule has 1 saturated heterocycles. The average Bonchev–Trinajstić information content (AvgIpc) is 2.64. The molecule has 5 heteroatoms. The van der Waals surface area contributed by atoms with Gasteiger partial charge < -0.3 is 10.2 Å². The van der Waals surface area contributed by atoms with Crippen LogP contribution in [0, 0.1) is 5.92 Å². The fourth-order valence-corrected chi connectivity index (χ4v) is 3.77. The van der Waals surface area contributed by atoms with Crippen molar-refractivity contribution in [2.45, 2.75) is 83.1 Å². The van der Waals surface area contributed by atoms with Gasteiger partial charge in [-0.15, -0.1) is 0 Å². The van der Waals surface area contributed by atoms with Gasteiger partial charge in [-0.25, -0.2) is 0 Å². The lowest BCUT2D eigenvalue weighted by Crippen LogP contribution is -2.44. The first-order chi connectivity index (χ1) is 9.86. The number of nitrogens with zero attached hydrogens (tertiary/aromatic N) is 1. The van der Waals surface area contributed by atoms with Gasteiger partial charge in [0, 0.05) is 18.1 Å². The Morgan fingerprint density at radius 1 is 0.952 bits per heavy atom. The summed E-state index contributed by atoms with van der Waals surface area (Å²) < 4.78 is 38.6. The standard InChI is InChI=1S/C16H29F3N2/c1-12(2)21-9-4-7-14(8-10-21)20-15-6-3-5-13(11-15)16(17,18)19/h12-15,20H,3-11H2,1-2H3. The first kappa shape index (κ1) is 17.1. The number of nitrogens with one attached hydrogen (secondary N) is 1. The van der Waals surface area contributed by atoms with E-state index in [9.17, 15) is 13.2 Å². The minimum absolute atomic E-state index is 0.0565. The molecule has 1 aliphatic heterocycles. The Hall–Kier alpha value is -0.290. The van der Waals surface area contributed by atoms with Crippen LogP contribution in [0.25, 0.3) is 0 Å². The molecule has 3 atom stereocenters. The Balaban J connectivity index is 1.81. The van der Waals surface area contributed by atoms with Crippen molar-refractivity contribution in [3.63, 3.8) is 0 Å². The van der Waals surface area contributed by atoms with Crippen molar-refractivity contribution in [1.82, 2.24) is 10.2 Å². The quantitative estimate of drug-likeness (QED) is 0.849. The van der Waals surface area contributed by atoms with E-state index in [1.165, 1.54) is 0 Å². The molecular weight excluding hydrogens is 277 g/mol. The predicted molar refractivity (Wildman–Crippen MR) is 79.3 cm³/mol. The summed E-state index contributed by atoms with van der Waals surface area (Å²) in [6, 6.07) is 1.01. The zero-order valence-electron chi connectivity index (χ0n) is 13.3. The summed E-state index contributed by atoms with van der Waals surface area (Å²) in [5.41, 5.74) is 0. The molecule has 0 aromatic heterocycles. The molecule has 3 unspecified atom stereocenters. The second-order valence-corrected chi connectivity index (χ2v) is 7.03. The van der Waals surface area contributed by atoms with E-state index in [1.54, 1.807) is 0 Å². The van der Waals surface area contributed by atoms with Gasteiger partial charge in [-0.3, -0.25) is 0 Å². The van der Waals surface area contributed by atoms with Gasteiger partial charge in [0.05, 0.1) is 5.92 Å². The highest BCUT2D eigenvalue weighted by atomic mass is 19.4. The minimum atomic E-state index is -4.02. The van der Waals surface area contributed by atoms with Gasteiger partial charge in [-0.2, -0.15) is 13.2 Å². The number of hydrogen-bond acceptors (Lipinski definition) is 2. The number of halogens is 3. The fraction of sp³-hybridized carbons (Fsp3) is 1.00. The second kappa shape index (κ2) is 7.32. The first-order valence-electron chi connectivity index (χ1n) is 8.43. The molecule has 124 valence electrons. The summed E-state index contributed by atoms with van der Waals surface area (Å²) in [5.74, 6) is -1.10. The summed E-state index contributed by atoms with van der Waals surface area (Å²) in [6.07, 6.45) is 1.47. The van der Waals surface area contributed by atoms with Crippen molar-refractivity contribution in [3.05, 3.63) is 0 Å². The van der Waals surface area contributed by atoms with E-state index in [0.29, 0.717) is 24.9 Å². The Morgan fingerprint density at radius 2 is 1.67 bits per heavy atom. The van der Waals surface area contributed by atoms with Gasteiger partial charge in [-0.05, 0) is 65.5 Å². The topological polar surface area (TPSA) is 15.3 Å². The second-order valence-electron chi connectivity index (χ2n) is 7.03. The van der Waals surface area contributed by atoms with Crippen LogP contribution in [-0.4, -0.2) is 42.3 Å². The van der Waals surface area contributed by atoms with Crippen molar-refractivity contribution in [1.29, 1.82) is 0 Å². The number of hydrogen-bond donors (Lipinski definition) is 1. The Labute approximate surface area is 126 Å². The van der Waals surface area contributed by atoms with Crippen molar-refractivity contribution < 1.29 is 13.2 Å². The van der Waals surface area contributed by atoms with Crippen LogP contribution in [0.1, 0.15) is 58.8 Å². The number of rotatable bonds is 3. The third-order valence-corrected chi connectivity index (χ3v) is 5.10. The van der Waals surface area contributed by atoms with Crippen molar-refractivity contribution >= 4 is 0 Å². The highest BCUT2D eigenvalue weighted by Crippen LogP contribution is 2.37. The molecular formula is C16H29F3N2. The van der Waals surface area contributed by atoms with Crippen molar-refractivity contribution in [3.8, 4) is 0 Å². The SMILES string of the molecule is CC(C)N1CCCC(NC2CCCC(C(F)(F)F)C2)CC1. The molecule has 1 N–H and O–H groups in total. The Bertz CT molecular complexity index is 317. The van der Waals surface area contributed by atoms with Crippen LogP contribution in [0.3, 0.4) is 0 Å². The molecule has 21 heavy (non-hydrogen) atoms. The van der Waals surface area contributed by atoms with E-state index >= 15 is 0 Å². The first-order valence-corrected chi connectivity index (χ1v) is 8.43. The molecule has 2 fully saturated rings. The van der Waals surface area contributed by atoms with E-state index in [4.69, 9.17) is 0 Å². The fourth-order valence-electron chi connectivity index (χ4n) is 3.77. The highest BCUT2D eigenvalue weighted by molar-refractivity contribution is 4.85. The molecule has 2 nitrogen and oxygen atoms in total. The molecule has 0 radical (unpaired) electrons. The maximum atomic E-state index is 12.9. The average molecular weight is 306 g/mol. The summed E-state index contributed by atoms with van der Waals surface area (Å²) in [7, 11) is 0. The molecule has 1 aliphatic carbocycles. The monoisotopic (exact) mass is 306 g/mol. The lowest BCUT2D eigenvalue weighted by molar-refractivity contribution is -0.183. The summed E-state index contributed by atoms with van der Waals surface area (Å²) in [6.45, 7) is 6.60. The summed E-state index contributed by atoms with van der Waals surface area (Å²) in [5, 5.41) is 3.53. The zero-order valence-corrected chi connectivity index (χ0v) is 13.3. The number of alkyl halides is 3. The highest BCUT2D eigenvalue weighted by Gasteiger charge is 2.42. The molecule has 0 aromatic carbocycles. The largest absolute Gasteiger partial charge is 0.391 e. The van der Waals surface area contributed by atoms with Crippen LogP contribution >= 0.6 is 0 Å². The van der Waals surface area contributed by atoms with Gasteiger partial charge in [0.25, 0.3) is 0 Å². The summed E-state index contributed by atoms with van der Waals surface area (Å²) in [4.78, 5) is 2.47. The number of likely N-dealkylation sites (tertiary alicyclic amines) is 1. The molecule has 0 spiro atoms. The third-order valence-electron chi connectivity index (χ3n) is 5.10. The van der Waals surface area contributed by atoms with Gasteiger partial charge in [-0.1, -0.05) is 6.42 Å². The maximum absolute atomic E-state index is 12.9. The molecule has 0 bridgehead atoms. The lowest BCUT2D eigenvalue weighted by atomic mass is 9.84. The van der Waals surface area contributed by atoms with E-state index < -0.39 is 12.1 Å². The van der Waals surface area contributed by atoms with E-state index in [2.05, 4.69) is 24.1 Å². The molecule has 2 rings (SSSR count). The Kier molecular flexibility index (Phi) is 5.95. The van der Waals surface area contributed by atoms with Crippen LogP contribution in [0.2, 0.25) is 0 Å². The normalized spacial score (nSPS) is 33.1. The Morgan fingerprint density at radius 3 is 2.33 bits per heavy atom. The third kappa shape index (κ3) is 5.13. The van der Waals surface area contributed by atoms with Crippen molar-refractivity contribution in [2.75, 3.05) is 13.1 Å².